The van der Waals surface area contributed by atoms with Crippen LogP contribution in [0.4, 0.5) is 5.69 Å². The predicted octanol–water partition coefficient (Wildman–Crippen LogP) is 2.58. The molecule has 3 nitrogen and oxygen atoms in total. The topological polar surface area (TPSA) is 32.3 Å². The summed E-state index contributed by atoms with van der Waals surface area (Å²) < 4.78 is 0. The highest BCUT2D eigenvalue weighted by Crippen LogP contribution is 2.21. The summed E-state index contributed by atoms with van der Waals surface area (Å²) in [5.41, 5.74) is 1.72. The van der Waals surface area contributed by atoms with Gasteiger partial charge in [0.05, 0.1) is 6.54 Å². The summed E-state index contributed by atoms with van der Waals surface area (Å²) in [5.74, 6) is 3.94. The second-order valence-electron chi connectivity index (χ2n) is 5.82. The molecular formula is C17H22N2O. The van der Waals surface area contributed by atoms with E-state index in [4.69, 9.17) is 6.42 Å². The number of nitrogens with zero attached hydrogens (tertiary/aromatic N) is 1. The van der Waals surface area contributed by atoms with Gasteiger partial charge in [0.15, 0.2) is 0 Å². The molecule has 0 bridgehead atoms. The molecule has 1 amide bonds. The highest BCUT2D eigenvalue weighted by Gasteiger charge is 2.24. The first-order chi connectivity index (χ1) is 9.58. The van der Waals surface area contributed by atoms with Crippen LogP contribution >= 0.6 is 0 Å². The first-order valence-electron chi connectivity index (χ1n) is 7.17. The van der Waals surface area contributed by atoms with Crippen molar-refractivity contribution in [2.24, 2.45) is 11.8 Å². The first kappa shape index (κ1) is 14.5. The molecule has 1 aromatic carbocycles. The van der Waals surface area contributed by atoms with E-state index in [0.29, 0.717) is 18.4 Å². The minimum atomic E-state index is 0.162. The van der Waals surface area contributed by atoms with Crippen LogP contribution < -0.4 is 5.32 Å². The first-order valence-corrected chi connectivity index (χ1v) is 7.17. The zero-order valence-electron chi connectivity index (χ0n) is 12.2. The van der Waals surface area contributed by atoms with Gasteiger partial charge >= 0.3 is 0 Å². The molecule has 106 valence electrons. The second-order valence-corrected chi connectivity index (χ2v) is 5.82. The number of benzene rings is 1. The van der Waals surface area contributed by atoms with E-state index < -0.39 is 0 Å². The van der Waals surface area contributed by atoms with E-state index in [1.165, 1.54) is 6.42 Å². The molecule has 0 aromatic heterocycles. The van der Waals surface area contributed by atoms with Crippen molar-refractivity contribution in [1.29, 1.82) is 0 Å². The third-order valence-electron chi connectivity index (χ3n) is 3.69. The molecule has 3 heteroatoms. The lowest BCUT2D eigenvalue weighted by Crippen LogP contribution is -2.44. The lowest BCUT2D eigenvalue weighted by molar-refractivity contribution is -0.131. The zero-order chi connectivity index (χ0) is 14.5. The summed E-state index contributed by atoms with van der Waals surface area (Å²) in [7, 11) is 0. The molecule has 1 saturated heterocycles. The van der Waals surface area contributed by atoms with Crippen LogP contribution in [0.5, 0.6) is 0 Å². The van der Waals surface area contributed by atoms with Crippen LogP contribution in [0.3, 0.4) is 0 Å². The Bertz CT molecular complexity index is 508. The number of piperidine rings is 1. The monoisotopic (exact) mass is 270 g/mol. The molecule has 1 aliphatic heterocycles. The van der Waals surface area contributed by atoms with Gasteiger partial charge in [-0.2, -0.15) is 0 Å². The van der Waals surface area contributed by atoms with Gasteiger partial charge in [-0.25, -0.2) is 0 Å². The minimum Gasteiger partial charge on any atom is -0.376 e. The van der Waals surface area contributed by atoms with Gasteiger partial charge in [0.25, 0.3) is 0 Å². The molecule has 2 atom stereocenters. The van der Waals surface area contributed by atoms with Gasteiger partial charge in [-0.3, -0.25) is 4.79 Å². The SMILES string of the molecule is C#Cc1cccc(NCC(=O)N2C[C@@H](C)C[C@H](C)C2)c1. The second kappa shape index (κ2) is 6.47. The number of nitrogens with one attached hydrogen (secondary N) is 1. The van der Waals surface area contributed by atoms with Crippen molar-refractivity contribution in [3.05, 3.63) is 29.8 Å². The molecular weight excluding hydrogens is 248 g/mol. The predicted molar refractivity (Wildman–Crippen MR) is 82.4 cm³/mol. The van der Waals surface area contributed by atoms with Gasteiger partial charge < -0.3 is 10.2 Å². The summed E-state index contributed by atoms with van der Waals surface area (Å²) in [5, 5.41) is 3.16. The molecule has 1 N–H and O–H groups in total. The Balaban J connectivity index is 1.90. The Morgan fingerprint density at radius 3 is 2.75 bits per heavy atom. The Morgan fingerprint density at radius 2 is 2.10 bits per heavy atom. The molecule has 1 heterocycles. The number of hydrogen-bond acceptors (Lipinski definition) is 2. The van der Waals surface area contributed by atoms with E-state index in [1.54, 1.807) is 0 Å². The Hall–Kier alpha value is -1.95. The van der Waals surface area contributed by atoms with E-state index in [1.807, 2.05) is 29.2 Å². The molecule has 0 aliphatic carbocycles. The smallest absolute Gasteiger partial charge is 0.241 e. The quantitative estimate of drug-likeness (QED) is 0.856. The van der Waals surface area contributed by atoms with Crippen molar-refractivity contribution in [2.45, 2.75) is 20.3 Å². The minimum absolute atomic E-state index is 0.162. The largest absolute Gasteiger partial charge is 0.376 e. The summed E-state index contributed by atoms with van der Waals surface area (Å²) >= 11 is 0. The maximum Gasteiger partial charge on any atom is 0.241 e. The summed E-state index contributed by atoms with van der Waals surface area (Å²) in [6, 6.07) is 7.58. The van der Waals surface area contributed by atoms with Gasteiger partial charge in [-0.1, -0.05) is 25.8 Å². The molecule has 0 saturated carbocycles. The van der Waals surface area contributed by atoms with Gasteiger partial charge in [-0.05, 0) is 36.5 Å². The van der Waals surface area contributed by atoms with Crippen molar-refractivity contribution in [3.63, 3.8) is 0 Å². The van der Waals surface area contributed by atoms with Crippen LogP contribution in [-0.2, 0) is 4.79 Å². The lowest BCUT2D eigenvalue weighted by Gasteiger charge is -2.35. The van der Waals surface area contributed by atoms with Crippen LogP contribution in [-0.4, -0.2) is 30.4 Å². The molecule has 0 unspecified atom stereocenters. The molecule has 0 radical (unpaired) electrons. The number of amides is 1. The fourth-order valence-corrected chi connectivity index (χ4v) is 2.87. The van der Waals surface area contributed by atoms with Crippen LogP contribution in [0, 0.1) is 24.2 Å². The van der Waals surface area contributed by atoms with Crippen LogP contribution in [0.15, 0.2) is 24.3 Å². The third kappa shape index (κ3) is 3.77. The number of likely N-dealkylation sites (tertiary alicyclic amines) is 1. The maximum atomic E-state index is 12.2. The van der Waals surface area contributed by atoms with Crippen LogP contribution in [0.1, 0.15) is 25.8 Å². The lowest BCUT2D eigenvalue weighted by atomic mass is 9.92. The van der Waals surface area contributed by atoms with Gasteiger partial charge in [0.2, 0.25) is 5.91 Å². The molecule has 1 aromatic rings. The summed E-state index contributed by atoms with van der Waals surface area (Å²) in [6.45, 7) is 6.48. The van der Waals surface area contributed by atoms with Crippen LogP contribution in [0.2, 0.25) is 0 Å². The molecule has 20 heavy (non-hydrogen) atoms. The van der Waals surface area contributed by atoms with E-state index >= 15 is 0 Å². The Kier molecular flexibility index (Phi) is 4.68. The van der Waals surface area contributed by atoms with E-state index in [0.717, 1.165) is 24.3 Å². The average molecular weight is 270 g/mol. The van der Waals surface area contributed by atoms with Crippen molar-refractivity contribution in [2.75, 3.05) is 25.0 Å². The number of anilines is 1. The number of carbonyl (C=O) groups excluding carboxylic acids is 1. The highest BCUT2D eigenvalue weighted by molar-refractivity contribution is 5.81. The standard InChI is InChI=1S/C17H22N2O/c1-4-15-6-5-7-16(9-15)18-10-17(20)19-11-13(2)8-14(3)12-19/h1,5-7,9,13-14,18H,8,10-12H2,2-3H3/t13-,14-/m0/s1. The summed E-state index contributed by atoms with van der Waals surface area (Å²) in [6.07, 6.45) is 6.58. The maximum absolute atomic E-state index is 12.2. The number of terminal acetylenes is 1. The number of hydrogen-bond donors (Lipinski definition) is 1. The number of rotatable bonds is 3. The van der Waals surface area contributed by atoms with Gasteiger partial charge in [0.1, 0.15) is 0 Å². The highest BCUT2D eigenvalue weighted by atomic mass is 16.2. The van der Waals surface area contributed by atoms with E-state index in [2.05, 4.69) is 25.1 Å². The molecule has 1 aliphatic rings. The van der Waals surface area contributed by atoms with E-state index in [-0.39, 0.29) is 5.91 Å². The normalized spacial score (nSPS) is 22.1. The average Bonchev–Trinajstić information content (AvgIpc) is 2.44. The van der Waals surface area contributed by atoms with Gasteiger partial charge in [0, 0.05) is 24.3 Å². The molecule has 1 fully saturated rings. The number of carbonyl (C=O) groups is 1. The van der Waals surface area contributed by atoms with E-state index in [9.17, 15) is 4.79 Å². The summed E-state index contributed by atoms with van der Waals surface area (Å²) in [4.78, 5) is 14.2. The fraction of sp³-hybridized carbons (Fsp3) is 0.471. The van der Waals surface area contributed by atoms with Crippen molar-refractivity contribution in [1.82, 2.24) is 4.90 Å². The van der Waals surface area contributed by atoms with Crippen LogP contribution in [0.25, 0.3) is 0 Å². The third-order valence-corrected chi connectivity index (χ3v) is 3.69. The van der Waals surface area contributed by atoms with Crippen molar-refractivity contribution < 1.29 is 4.79 Å². The molecule has 0 spiro atoms. The van der Waals surface area contributed by atoms with Crippen molar-refractivity contribution in [3.8, 4) is 12.3 Å². The van der Waals surface area contributed by atoms with Gasteiger partial charge in [-0.15, -0.1) is 6.42 Å². The van der Waals surface area contributed by atoms with Crippen molar-refractivity contribution >= 4 is 11.6 Å². The Labute approximate surface area is 121 Å². The Morgan fingerprint density at radius 1 is 1.40 bits per heavy atom. The molecule has 2 rings (SSSR count). The fourth-order valence-electron chi connectivity index (χ4n) is 2.87. The zero-order valence-corrected chi connectivity index (χ0v) is 12.2.